The summed E-state index contributed by atoms with van der Waals surface area (Å²) in [6.45, 7) is 5.71. The van der Waals surface area contributed by atoms with E-state index < -0.39 is 17.9 Å². The van der Waals surface area contributed by atoms with Gasteiger partial charge in [-0.1, -0.05) is 25.1 Å². The number of para-hydroxylation sites is 1. The number of pyridine rings is 1. The van der Waals surface area contributed by atoms with Crippen molar-refractivity contribution in [1.82, 2.24) is 15.4 Å². The lowest BCUT2D eigenvalue weighted by atomic mass is 9.87. The molecule has 0 bridgehead atoms. The molecule has 1 saturated heterocycles. The Morgan fingerprint density at radius 2 is 1.91 bits per heavy atom. The van der Waals surface area contributed by atoms with E-state index in [1.807, 2.05) is 61.2 Å². The first kappa shape index (κ1) is 23.7. The number of nitrogens with one attached hydrogen (secondary N) is 2. The largest absolute Gasteiger partial charge is 0.489 e. The zero-order valence-corrected chi connectivity index (χ0v) is 19.5. The lowest BCUT2D eigenvalue weighted by Crippen LogP contribution is -2.55. The molecular formula is C26H30N4O4. The maximum absolute atomic E-state index is 13.1. The number of hydroxylamine groups is 1. The average molecular weight is 463 g/mol. The second-order valence-corrected chi connectivity index (χ2v) is 8.54. The van der Waals surface area contributed by atoms with Gasteiger partial charge in [-0.15, -0.1) is 0 Å². The first-order valence-corrected chi connectivity index (χ1v) is 11.6. The van der Waals surface area contributed by atoms with Crippen LogP contribution in [0.5, 0.6) is 5.75 Å². The SMILES string of the molecule is CCN1CCC[C@@H](C(=O)NO)[C@@H]1C(=O)Nc1ccc(OCc2cc(C)nc3ccccc23)cc1. The Morgan fingerprint density at radius 1 is 1.15 bits per heavy atom. The minimum Gasteiger partial charge on any atom is -0.489 e. The highest BCUT2D eigenvalue weighted by Gasteiger charge is 2.40. The number of fused-ring (bicyclic) bond motifs is 1. The molecule has 4 rings (SSSR count). The molecule has 0 aliphatic carbocycles. The van der Waals surface area contributed by atoms with Gasteiger partial charge < -0.3 is 10.1 Å². The molecule has 0 saturated carbocycles. The molecule has 34 heavy (non-hydrogen) atoms. The lowest BCUT2D eigenvalue weighted by molar-refractivity contribution is -0.142. The smallest absolute Gasteiger partial charge is 0.248 e. The summed E-state index contributed by atoms with van der Waals surface area (Å²) < 4.78 is 6.00. The summed E-state index contributed by atoms with van der Waals surface area (Å²) in [5, 5.41) is 13.1. The first-order chi connectivity index (χ1) is 16.5. The van der Waals surface area contributed by atoms with Gasteiger partial charge in [0.15, 0.2) is 0 Å². The van der Waals surface area contributed by atoms with Crippen LogP contribution in [-0.4, -0.2) is 46.0 Å². The number of carbonyl (C=O) groups is 2. The van der Waals surface area contributed by atoms with Gasteiger partial charge in [-0.2, -0.15) is 0 Å². The van der Waals surface area contributed by atoms with E-state index in [-0.39, 0.29) is 5.91 Å². The quantitative estimate of drug-likeness (QED) is 0.366. The van der Waals surface area contributed by atoms with Crippen LogP contribution in [0.15, 0.2) is 54.6 Å². The Hall–Kier alpha value is -3.49. The highest BCUT2D eigenvalue weighted by atomic mass is 16.5. The molecule has 0 spiro atoms. The second-order valence-electron chi connectivity index (χ2n) is 8.54. The van der Waals surface area contributed by atoms with E-state index in [1.165, 1.54) is 0 Å². The number of amides is 2. The van der Waals surface area contributed by atoms with Crippen molar-refractivity contribution in [3.63, 3.8) is 0 Å². The zero-order chi connectivity index (χ0) is 24.1. The molecule has 2 heterocycles. The van der Waals surface area contributed by atoms with E-state index >= 15 is 0 Å². The summed E-state index contributed by atoms with van der Waals surface area (Å²) in [6.07, 6.45) is 1.35. The fourth-order valence-electron chi connectivity index (χ4n) is 4.65. The summed E-state index contributed by atoms with van der Waals surface area (Å²) >= 11 is 0. The van der Waals surface area contributed by atoms with Crippen LogP contribution in [0.4, 0.5) is 5.69 Å². The number of aromatic nitrogens is 1. The Labute approximate surface area is 198 Å². The van der Waals surface area contributed by atoms with Crippen molar-refractivity contribution in [2.45, 2.75) is 39.3 Å². The number of nitrogens with zero attached hydrogens (tertiary/aromatic N) is 2. The molecular weight excluding hydrogens is 432 g/mol. The van der Waals surface area contributed by atoms with E-state index in [0.29, 0.717) is 31.0 Å². The van der Waals surface area contributed by atoms with Crippen LogP contribution in [0.25, 0.3) is 10.9 Å². The third-order valence-corrected chi connectivity index (χ3v) is 6.30. The van der Waals surface area contributed by atoms with Crippen molar-refractivity contribution in [2.24, 2.45) is 5.92 Å². The van der Waals surface area contributed by atoms with Gasteiger partial charge in [-0.25, -0.2) is 5.48 Å². The van der Waals surface area contributed by atoms with Crippen molar-refractivity contribution >= 4 is 28.4 Å². The monoisotopic (exact) mass is 462 g/mol. The number of anilines is 1. The van der Waals surface area contributed by atoms with E-state index in [1.54, 1.807) is 17.6 Å². The number of rotatable bonds is 7. The van der Waals surface area contributed by atoms with Crippen LogP contribution in [0.3, 0.4) is 0 Å². The predicted octanol–water partition coefficient (Wildman–Crippen LogP) is 3.67. The number of hydrogen-bond donors (Lipinski definition) is 3. The van der Waals surface area contributed by atoms with Crippen LogP contribution in [0.1, 0.15) is 31.0 Å². The van der Waals surface area contributed by atoms with Gasteiger partial charge in [0.2, 0.25) is 11.8 Å². The van der Waals surface area contributed by atoms with Crippen LogP contribution < -0.4 is 15.5 Å². The molecule has 3 aromatic rings. The molecule has 3 N–H and O–H groups in total. The number of carbonyl (C=O) groups excluding carboxylic acids is 2. The highest BCUT2D eigenvalue weighted by molar-refractivity contribution is 5.98. The van der Waals surface area contributed by atoms with Gasteiger partial charge in [0.1, 0.15) is 18.4 Å². The fourth-order valence-corrected chi connectivity index (χ4v) is 4.65. The van der Waals surface area contributed by atoms with Gasteiger partial charge >= 0.3 is 0 Å². The molecule has 1 aliphatic rings. The van der Waals surface area contributed by atoms with Crippen molar-refractivity contribution in [3.8, 4) is 5.75 Å². The molecule has 0 unspecified atom stereocenters. The number of aryl methyl sites for hydroxylation is 1. The lowest BCUT2D eigenvalue weighted by Gasteiger charge is -2.38. The van der Waals surface area contributed by atoms with Crippen LogP contribution in [0.2, 0.25) is 0 Å². The Morgan fingerprint density at radius 3 is 2.65 bits per heavy atom. The first-order valence-electron chi connectivity index (χ1n) is 11.6. The van der Waals surface area contributed by atoms with Gasteiger partial charge in [-0.05, 0) is 69.3 Å². The van der Waals surface area contributed by atoms with E-state index in [2.05, 4.69) is 10.3 Å². The van der Waals surface area contributed by atoms with Crippen LogP contribution in [-0.2, 0) is 16.2 Å². The second kappa shape index (κ2) is 10.6. The Balaban J connectivity index is 1.43. The van der Waals surface area contributed by atoms with E-state index in [9.17, 15) is 9.59 Å². The molecule has 2 amide bonds. The molecule has 2 aromatic carbocycles. The number of hydrogen-bond acceptors (Lipinski definition) is 6. The number of likely N-dealkylation sites (N-methyl/N-ethyl adjacent to an activating group) is 1. The summed E-state index contributed by atoms with van der Waals surface area (Å²) in [5.41, 5.74) is 5.27. The Bertz CT molecular complexity index is 1170. The van der Waals surface area contributed by atoms with Crippen LogP contribution in [0, 0.1) is 12.8 Å². The Kier molecular flexibility index (Phi) is 7.40. The van der Waals surface area contributed by atoms with Gasteiger partial charge in [-0.3, -0.25) is 24.7 Å². The van der Waals surface area contributed by atoms with E-state index in [0.717, 1.165) is 35.1 Å². The fraction of sp³-hybridized carbons (Fsp3) is 0.346. The van der Waals surface area contributed by atoms with Gasteiger partial charge in [0, 0.05) is 22.3 Å². The van der Waals surface area contributed by atoms with E-state index in [4.69, 9.17) is 9.94 Å². The summed E-state index contributed by atoms with van der Waals surface area (Å²) in [6, 6.07) is 16.6. The predicted molar refractivity (Wildman–Crippen MR) is 130 cm³/mol. The maximum atomic E-state index is 13.1. The standard InChI is InChI=1S/C26H30N4O4/c1-3-30-14-6-8-22(25(31)29-33)24(30)26(32)28-19-10-12-20(13-11-19)34-16-18-15-17(2)27-23-9-5-4-7-21(18)23/h4-5,7,9-13,15,22,24,33H,3,6,8,14,16H2,1-2H3,(H,28,32)(H,29,31)/t22-,24-/m1/s1. The molecule has 178 valence electrons. The number of benzene rings is 2. The topological polar surface area (TPSA) is 104 Å². The average Bonchev–Trinajstić information content (AvgIpc) is 2.86. The molecule has 1 fully saturated rings. The molecule has 8 nitrogen and oxygen atoms in total. The van der Waals surface area contributed by atoms with Crippen LogP contribution >= 0.6 is 0 Å². The molecule has 1 aromatic heterocycles. The van der Waals surface area contributed by atoms with Crippen molar-refractivity contribution in [1.29, 1.82) is 0 Å². The third kappa shape index (κ3) is 5.18. The minimum atomic E-state index is -0.634. The van der Waals surface area contributed by atoms with Crippen molar-refractivity contribution in [2.75, 3.05) is 18.4 Å². The number of ether oxygens (including phenoxy) is 1. The molecule has 8 heteroatoms. The highest BCUT2D eigenvalue weighted by Crippen LogP contribution is 2.26. The summed E-state index contributed by atoms with van der Waals surface area (Å²) in [7, 11) is 0. The van der Waals surface area contributed by atoms with Crippen molar-refractivity contribution < 1.29 is 19.5 Å². The molecule has 2 atom stereocenters. The van der Waals surface area contributed by atoms with Gasteiger partial charge in [0.25, 0.3) is 0 Å². The minimum absolute atomic E-state index is 0.262. The normalized spacial score (nSPS) is 18.4. The zero-order valence-electron chi connectivity index (χ0n) is 19.5. The summed E-state index contributed by atoms with van der Waals surface area (Å²) in [4.78, 5) is 31.7. The number of piperidine rings is 1. The number of likely N-dealkylation sites (tertiary alicyclic amines) is 1. The molecule has 0 radical (unpaired) electrons. The van der Waals surface area contributed by atoms with Gasteiger partial charge in [0.05, 0.1) is 11.4 Å². The maximum Gasteiger partial charge on any atom is 0.248 e. The van der Waals surface area contributed by atoms with Crippen molar-refractivity contribution in [3.05, 3.63) is 65.9 Å². The third-order valence-electron chi connectivity index (χ3n) is 6.30. The summed E-state index contributed by atoms with van der Waals surface area (Å²) in [5.74, 6) is -0.703. The molecule has 1 aliphatic heterocycles.